The Kier molecular flexibility index (Phi) is 8.22. The molecule has 8 heteroatoms. The molecule has 0 aromatic carbocycles. The van der Waals surface area contributed by atoms with Crippen LogP contribution in [0.4, 0.5) is 0 Å². The number of hydrazine groups is 1. The predicted molar refractivity (Wildman–Crippen MR) is 96.5 cm³/mol. The molecule has 2 rings (SSSR count). The molecule has 1 fully saturated rings. The Bertz CT molecular complexity index is 321. The highest BCUT2D eigenvalue weighted by atomic mass is 79.9. The van der Waals surface area contributed by atoms with Crippen LogP contribution >= 0.6 is 38.6 Å². The van der Waals surface area contributed by atoms with E-state index in [4.69, 9.17) is 4.99 Å². The number of likely N-dealkylation sites (N-methyl/N-ethyl adjacent to an activating group) is 1. The molecule has 2 aliphatic heterocycles. The molecule has 0 bridgehead atoms. The number of hydrogen-bond acceptors (Lipinski definition) is 7. The smallest absolute Gasteiger partial charge is 0.187 e. The first-order chi connectivity index (χ1) is 9.08. The van der Waals surface area contributed by atoms with Crippen molar-refractivity contribution in [3.05, 3.63) is 0 Å². The highest BCUT2D eigenvalue weighted by Crippen LogP contribution is 2.38. The average molecular weight is 384 g/mol. The minimum absolute atomic E-state index is 0. The van der Waals surface area contributed by atoms with Crippen LogP contribution < -0.4 is 0 Å². The fraction of sp³-hybridized carbons (Fsp3) is 0.917. The van der Waals surface area contributed by atoms with Crippen LogP contribution in [0.25, 0.3) is 0 Å². The molecule has 20 heavy (non-hydrogen) atoms. The van der Waals surface area contributed by atoms with Crippen LogP contribution in [0.15, 0.2) is 4.99 Å². The van der Waals surface area contributed by atoms with E-state index in [-0.39, 0.29) is 22.5 Å². The fourth-order valence-corrected chi connectivity index (χ4v) is 4.67. The molecule has 0 amide bonds. The Balaban J connectivity index is 0.00000200. The van der Waals surface area contributed by atoms with Gasteiger partial charge in [-0.15, -0.1) is 17.0 Å². The van der Waals surface area contributed by atoms with Crippen molar-refractivity contribution < 1.29 is 0 Å². The highest BCUT2D eigenvalue weighted by Gasteiger charge is 2.29. The van der Waals surface area contributed by atoms with Crippen molar-refractivity contribution in [2.75, 3.05) is 54.4 Å². The zero-order valence-electron chi connectivity index (χ0n) is 12.8. The third-order valence-corrected chi connectivity index (χ3v) is 5.79. The van der Waals surface area contributed by atoms with Crippen molar-refractivity contribution >= 4 is 43.7 Å². The van der Waals surface area contributed by atoms with Crippen LogP contribution in [0.5, 0.6) is 0 Å². The topological polar surface area (TPSA) is 25.3 Å². The largest absolute Gasteiger partial charge is 0.308 e. The Morgan fingerprint density at radius 2 is 1.80 bits per heavy atom. The van der Waals surface area contributed by atoms with Gasteiger partial charge in [-0.2, -0.15) is 0 Å². The van der Waals surface area contributed by atoms with Crippen molar-refractivity contribution in [2.45, 2.75) is 18.3 Å². The summed E-state index contributed by atoms with van der Waals surface area (Å²) in [5.74, 6) is 0. The number of rotatable bonds is 5. The van der Waals surface area contributed by atoms with Crippen molar-refractivity contribution in [1.29, 1.82) is 0 Å². The molecular formula is C12H26BrN5S2. The summed E-state index contributed by atoms with van der Waals surface area (Å²) in [6, 6.07) is 0. The summed E-state index contributed by atoms with van der Waals surface area (Å²) in [6.07, 6.45) is 2.61. The van der Waals surface area contributed by atoms with Crippen molar-refractivity contribution in [2.24, 2.45) is 4.99 Å². The van der Waals surface area contributed by atoms with Gasteiger partial charge in [0.05, 0.1) is 0 Å². The minimum Gasteiger partial charge on any atom is -0.308 e. The molecular weight excluding hydrogens is 358 g/mol. The summed E-state index contributed by atoms with van der Waals surface area (Å²) in [5.41, 5.74) is 0.254. The van der Waals surface area contributed by atoms with E-state index < -0.39 is 0 Å². The van der Waals surface area contributed by atoms with Crippen molar-refractivity contribution in [3.8, 4) is 0 Å². The quantitative estimate of drug-likeness (QED) is 0.673. The summed E-state index contributed by atoms with van der Waals surface area (Å²) in [4.78, 5) is 9.25. The maximum Gasteiger partial charge on any atom is 0.187 e. The molecule has 0 N–H and O–H groups in total. The molecule has 2 aliphatic rings. The monoisotopic (exact) mass is 383 g/mol. The number of hydrogen-bond donors (Lipinski definition) is 0. The molecule has 1 atom stereocenters. The van der Waals surface area contributed by atoms with Crippen LogP contribution in [0.3, 0.4) is 0 Å². The van der Waals surface area contributed by atoms with Gasteiger partial charge in [-0.3, -0.25) is 9.91 Å². The van der Waals surface area contributed by atoms with E-state index in [1.807, 2.05) is 21.6 Å². The molecule has 1 unspecified atom stereocenters. The third-order valence-electron chi connectivity index (χ3n) is 3.28. The highest BCUT2D eigenvalue weighted by molar-refractivity contribution is 8.93. The minimum atomic E-state index is 0. The van der Waals surface area contributed by atoms with Gasteiger partial charge in [0.1, 0.15) is 0 Å². The van der Waals surface area contributed by atoms with Gasteiger partial charge < -0.3 is 4.90 Å². The van der Waals surface area contributed by atoms with Gasteiger partial charge in [0.25, 0.3) is 0 Å². The van der Waals surface area contributed by atoms with Gasteiger partial charge in [-0.25, -0.2) is 10.0 Å². The standard InChI is InChI=1S/C12H25N5S2.BrH/c1-14(2)9-10-17(16-7-5-6-8-16)12-13-11(15(3)4)18-19-12;/h11H,5-10H2,1-4H3;1H. The summed E-state index contributed by atoms with van der Waals surface area (Å²) >= 11 is 0. The Labute approximate surface area is 141 Å². The molecule has 0 aliphatic carbocycles. The first kappa shape index (κ1) is 18.6. The Morgan fingerprint density at radius 1 is 1.15 bits per heavy atom. The predicted octanol–water partition coefficient (Wildman–Crippen LogP) is 2.03. The van der Waals surface area contributed by atoms with Gasteiger partial charge in [-0.1, -0.05) is 0 Å². The summed E-state index contributed by atoms with van der Waals surface area (Å²) in [7, 11) is 12.1. The summed E-state index contributed by atoms with van der Waals surface area (Å²) in [5, 5.41) is 6.04. The van der Waals surface area contributed by atoms with E-state index in [0.717, 1.165) is 13.1 Å². The normalized spacial score (nSPS) is 23.3. The van der Waals surface area contributed by atoms with E-state index in [1.165, 1.54) is 31.1 Å². The SMILES string of the molecule is Br.CN(C)CCN(C1=NC(N(C)C)SS1)N1CCCC1. The number of amidine groups is 1. The molecule has 0 saturated carbocycles. The van der Waals surface area contributed by atoms with Gasteiger partial charge in [0.2, 0.25) is 0 Å². The average Bonchev–Trinajstić information content (AvgIpc) is 2.98. The van der Waals surface area contributed by atoms with E-state index >= 15 is 0 Å². The molecule has 118 valence electrons. The van der Waals surface area contributed by atoms with E-state index in [2.05, 4.69) is 48.0 Å². The zero-order valence-corrected chi connectivity index (χ0v) is 16.1. The van der Waals surface area contributed by atoms with Crippen molar-refractivity contribution in [3.63, 3.8) is 0 Å². The second-order valence-corrected chi connectivity index (χ2v) is 7.69. The van der Waals surface area contributed by atoms with Gasteiger partial charge in [0, 0.05) is 26.2 Å². The van der Waals surface area contributed by atoms with Gasteiger partial charge >= 0.3 is 0 Å². The van der Waals surface area contributed by atoms with Crippen molar-refractivity contribution in [1.82, 2.24) is 19.8 Å². The molecule has 2 heterocycles. The van der Waals surface area contributed by atoms with Crippen LogP contribution in [-0.2, 0) is 0 Å². The Morgan fingerprint density at radius 3 is 2.30 bits per heavy atom. The van der Waals surface area contributed by atoms with Gasteiger partial charge in [-0.05, 0) is 62.6 Å². The first-order valence-corrected chi connectivity index (χ1v) is 9.04. The maximum absolute atomic E-state index is 4.84. The lowest BCUT2D eigenvalue weighted by atomic mass is 10.4. The lowest BCUT2D eigenvalue weighted by Gasteiger charge is -2.33. The second kappa shape index (κ2) is 8.85. The molecule has 0 radical (unpaired) electrons. The number of aliphatic imine (C=N–C) groups is 1. The third kappa shape index (κ3) is 5.06. The van der Waals surface area contributed by atoms with Crippen LogP contribution in [0.1, 0.15) is 12.8 Å². The number of nitrogens with zero attached hydrogens (tertiary/aromatic N) is 5. The molecule has 1 saturated heterocycles. The second-order valence-electron chi connectivity index (χ2n) is 5.47. The zero-order chi connectivity index (χ0) is 13.8. The molecule has 0 aromatic heterocycles. The Hall–Kier alpha value is 0.530. The van der Waals surface area contributed by atoms with Crippen LogP contribution in [0, 0.1) is 0 Å². The molecule has 0 aromatic rings. The van der Waals surface area contributed by atoms with E-state index in [1.54, 1.807) is 0 Å². The lowest BCUT2D eigenvalue weighted by Crippen LogP contribution is -2.46. The van der Waals surface area contributed by atoms with E-state index in [9.17, 15) is 0 Å². The van der Waals surface area contributed by atoms with Crippen LogP contribution in [-0.4, -0.2) is 84.9 Å². The summed E-state index contributed by atoms with van der Waals surface area (Å²) in [6.45, 7) is 4.43. The van der Waals surface area contributed by atoms with Crippen LogP contribution in [0.2, 0.25) is 0 Å². The molecule has 0 spiro atoms. The van der Waals surface area contributed by atoms with E-state index in [0.29, 0.717) is 0 Å². The maximum atomic E-state index is 4.84. The number of halogens is 1. The first-order valence-electron chi connectivity index (χ1n) is 6.82. The molecule has 5 nitrogen and oxygen atoms in total. The fourth-order valence-electron chi connectivity index (χ4n) is 2.13. The summed E-state index contributed by atoms with van der Waals surface area (Å²) < 4.78 is 0. The lowest BCUT2D eigenvalue weighted by molar-refractivity contribution is 0.0706. The van der Waals surface area contributed by atoms with Gasteiger partial charge in [0.15, 0.2) is 10.7 Å².